The maximum absolute atomic E-state index is 3.23. The lowest BCUT2D eigenvalue weighted by molar-refractivity contribution is 0.453. The molecule has 0 rings (SSSR count). The molecule has 0 spiro atoms. The standard InChI is InChI=1S/C8H18BrN/c1-3-5-6-8(4-2)7-10-9/h8,10H,3-7H2,1-2H3/p+1. The van der Waals surface area contributed by atoms with E-state index in [1.54, 1.807) is 0 Å². The highest BCUT2D eigenvalue weighted by atomic mass is 79.9. The van der Waals surface area contributed by atoms with Crippen LogP contribution >= 0.6 is 16.1 Å². The van der Waals surface area contributed by atoms with E-state index < -0.39 is 0 Å². The quantitative estimate of drug-likeness (QED) is 0.662. The molecule has 10 heavy (non-hydrogen) atoms. The largest absolute Gasteiger partial charge is 1.00 e. The summed E-state index contributed by atoms with van der Waals surface area (Å²) in [5.74, 6) is 0.860. The fourth-order valence-electron chi connectivity index (χ4n) is 1.05. The lowest BCUT2D eigenvalue weighted by atomic mass is 10.00. The summed E-state index contributed by atoms with van der Waals surface area (Å²) in [5, 5.41) is 0. The highest BCUT2D eigenvalue weighted by Crippen LogP contribution is 2.11. The molecular formula is C8H19BrN+. The third-order valence-corrected chi connectivity index (χ3v) is 2.23. The van der Waals surface area contributed by atoms with Crippen LogP contribution in [-0.4, -0.2) is 6.54 Å². The minimum Gasteiger partial charge on any atom is -0.256 e. The van der Waals surface area contributed by atoms with Crippen molar-refractivity contribution in [1.82, 2.24) is 4.34 Å². The van der Waals surface area contributed by atoms with Crippen LogP contribution in [0.5, 0.6) is 0 Å². The molecule has 1 atom stereocenters. The zero-order valence-electron chi connectivity index (χ0n) is 7.99. The second kappa shape index (κ2) is 7.55. The Labute approximate surface area is 74.4 Å². The minimum atomic E-state index is 0. The summed E-state index contributed by atoms with van der Waals surface area (Å²) in [6.45, 7) is 5.61. The Morgan fingerprint density at radius 2 is 2.20 bits per heavy atom. The molecule has 2 heteroatoms. The maximum Gasteiger partial charge on any atom is 1.00 e. The van der Waals surface area contributed by atoms with E-state index in [2.05, 4.69) is 34.3 Å². The normalized spacial score (nSPS) is 13.5. The van der Waals surface area contributed by atoms with Crippen LogP contribution in [0.3, 0.4) is 0 Å². The summed E-state index contributed by atoms with van der Waals surface area (Å²) in [7, 11) is 0. The van der Waals surface area contributed by atoms with Gasteiger partial charge in [0, 0.05) is 22.7 Å². The van der Waals surface area contributed by atoms with Crippen molar-refractivity contribution >= 4 is 16.1 Å². The third kappa shape index (κ3) is 5.24. The van der Waals surface area contributed by atoms with Crippen LogP contribution in [0.4, 0.5) is 0 Å². The van der Waals surface area contributed by atoms with Crippen molar-refractivity contribution in [3.63, 3.8) is 0 Å². The fourth-order valence-corrected chi connectivity index (χ4v) is 1.51. The van der Waals surface area contributed by atoms with E-state index in [-0.39, 0.29) is 1.43 Å². The van der Waals surface area contributed by atoms with Gasteiger partial charge in [0.2, 0.25) is 0 Å². The molecule has 0 saturated heterocycles. The summed E-state index contributed by atoms with van der Waals surface area (Å²) in [4.78, 5) is 0. The van der Waals surface area contributed by atoms with E-state index in [0.29, 0.717) is 0 Å². The lowest BCUT2D eigenvalue weighted by Gasteiger charge is -2.11. The van der Waals surface area contributed by atoms with Gasteiger partial charge in [-0.05, 0) is 12.3 Å². The molecular weight excluding hydrogens is 190 g/mol. The van der Waals surface area contributed by atoms with Gasteiger partial charge in [0.15, 0.2) is 0 Å². The molecule has 0 aliphatic carbocycles. The number of hydrogen-bond acceptors (Lipinski definition) is 1. The highest BCUT2D eigenvalue weighted by Gasteiger charge is 2.02. The van der Waals surface area contributed by atoms with Crippen LogP contribution in [-0.2, 0) is 0 Å². The molecule has 62 valence electrons. The van der Waals surface area contributed by atoms with Crippen molar-refractivity contribution in [3.05, 3.63) is 0 Å². The Bertz CT molecular complexity index is 71.1. The fraction of sp³-hybridized carbons (Fsp3) is 1.00. The molecule has 0 aromatic heterocycles. The van der Waals surface area contributed by atoms with Gasteiger partial charge in [-0.15, -0.1) is 0 Å². The van der Waals surface area contributed by atoms with Crippen LogP contribution in [0.2, 0.25) is 0 Å². The molecule has 0 heterocycles. The van der Waals surface area contributed by atoms with E-state index in [4.69, 9.17) is 0 Å². The Balaban J connectivity index is 0. The van der Waals surface area contributed by atoms with Crippen molar-refractivity contribution in [3.8, 4) is 0 Å². The topological polar surface area (TPSA) is 12.0 Å². The summed E-state index contributed by atoms with van der Waals surface area (Å²) >= 11 is 3.23. The average Bonchev–Trinajstić information content (AvgIpc) is 1.98. The molecule has 1 nitrogen and oxygen atoms in total. The number of hydrogen-bond donors (Lipinski definition) is 1. The molecule has 0 fully saturated rings. The predicted molar refractivity (Wildman–Crippen MR) is 51.3 cm³/mol. The van der Waals surface area contributed by atoms with Gasteiger partial charge in [0.1, 0.15) is 0 Å². The summed E-state index contributed by atoms with van der Waals surface area (Å²) in [5.41, 5.74) is 0. The number of nitrogens with one attached hydrogen (secondary N) is 1. The van der Waals surface area contributed by atoms with Crippen LogP contribution in [0.25, 0.3) is 0 Å². The summed E-state index contributed by atoms with van der Waals surface area (Å²) in [6.07, 6.45) is 5.34. The molecule has 0 radical (unpaired) electrons. The molecule has 0 aliphatic heterocycles. The summed E-state index contributed by atoms with van der Waals surface area (Å²) in [6, 6.07) is 0. The Hall–Kier alpha value is 0.440. The van der Waals surface area contributed by atoms with Gasteiger partial charge >= 0.3 is 1.43 Å². The van der Waals surface area contributed by atoms with E-state index in [1.807, 2.05) is 0 Å². The van der Waals surface area contributed by atoms with Gasteiger partial charge in [-0.2, -0.15) is 0 Å². The van der Waals surface area contributed by atoms with Gasteiger partial charge in [-0.25, -0.2) is 0 Å². The van der Waals surface area contributed by atoms with Gasteiger partial charge in [0.05, 0.1) is 0 Å². The molecule has 0 aliphatic rings. The smallest absolute Gasteiger partial charge is 0.256 e. The Morgan fingerprint density at radius 3 is 2.60 bits per heavy atom. The Kier molecular flexibility index (Phi) is 7.88. The first-order chi connectivity index (χ1) is 4.85. The zero-order valence-corrected chi connectivity index (χ0v) is 8.58. The van der Waals surface area contributed by atoms with Gasteiger partial charge in [-0.1, -0.05) is 33.1 Å². The first kappa shape index (κ1) is 10.4. The van der Waals surface area contributed by atoms with Crippen molar-refractivity contribution < 1.29 is 1.43 Å². The first-order valence-corrected chi connectivity index (χ1v) is 4.97. The summed E-state index contributed by atoms with van der Waals surface area (Å²) < 4.78 is 3.04. The molecule has 0 amide bonds. The molecule has 1 unspecified atom stereocenters. The molecule has 0 saturated carbocycles. The minimum absolute atomic E-state index is 0. The lowest BCUT2D eigenvalue weighted by Crippen LogP contribution is -2.13. The number of unbranched alkanes of at least 4 members (excludes halogenated alkanes) is 1. The van der Waals surface area contributed by atoms with Crippen molar-refractivity contribution in [2.45, 2.75) is 39.5 Å². The number of halogens is 1. The predicted octanol–water partition coefficient (Wildman–Crippen LogP) is 3.21. The average molecular weight is 209 g/mol. The molecule has 1 N–H and O–H groups in total. The molecule has 0 aromatic carbocycles. The maximum atomic E-state index is 3.23. The van der Waals surface area contributed by atoms with Gasteiger partial charge < -0.3 is 0 Å². The first-order valence-electron chi connectivity index (χ1n) is 4.18. The molecule has 0 bridgehead atoms. The Morgan fingerprint density at radius 1 is 1.50 bits per heavy atom. The van der Waals surface area contributed by atoms with Crippen molar-refractivity contribution in [2.24, 2.45) is 5.92 Å². The van der Waals surface area contributed by atoms with E-state index in [1.165, 1.54) is 25.7 Å². The molecule has 0 aromatic rings. The van der Waals surface area contributed by atoms with E-state index >= 15 is 0 Å². The van der Waals surface area contributed by atoms with Crippen molar-refractivity contribution in [1.29, 1.82) is 0 Å². The van der Waals surface area contributed by atoms with Crippen LogP contribution < -0.4 is 4.34 Å². The third-order valence-electron chi connectivity index (χ3n) is 1.91. The SMILES string of the molecule is CCCCC(CC)CNBr.[H+]. The second-order valence-corrected chi connectivity index (χ2v) is 3.31. The zero-order chi connectivity index (χ0) is 7.82. The van der Waals surface area contributed by atoms with Crippen LogP contribution in [0, 0.1) is 5.92 Å². The van der Waals surface area contributed by atoms with Crippen LogP contribution in [0.1, 0.15) is 41.0 Å². The van der Waals surface area contributed by atoms with Crippen LogP contribution in [0.15, 0.2) is 0 Å². The monoisotopic (exact) mass is 208 g/mol. The van der Waals surface area contributed by atoms with Gasteiger partial charge in [-0.3, -0.25) is 4.34 Å². The van der Waals surface area contributed by atoms with Crippen molar-refractivity contribution in [2.75, 3.05) is 6.54 Å². The van der Waals surface area contributed by atoms with Gasteiger partial charge in [0.25, 0.3) is 0 Å². The number of rotatable bonds is 6. The van der Waals surface area contributed by atoms with E-state index in [9.17, 15) is 0 Å². The van der Waals surface area contributed by atoms with E-state index in [0.717, 1.165) is 12.5 Å². The second-order valence-electron chi connectivity index (χ2n) is 2.75. The highest BCUT2D eigenvalue weighted by molar-refractivity contribution is 9.08.